The van der Waals surface area contributed by atoms with Crippen LogP contribution in [0.25, 0.3) is 0 Å². The lowest BCUT2D eigenvalue weighted by atomic mass is 10.1. The summed E-state index contributed by atoms with van der Waals surface area (Å²) in [6.45, 7) is -0.290. The van der Waals surface area contributed by atoms with Gasteiger partial charge in [0.2, 0.25) is 6.10 Å². The molecule has 1 fully saturated rings. The van der Waals surface area contributed by atoms with Gasteiger partial charge in [0.15, 0.2) is 6.61 Å². The van der Waals surface area contributed by atoms with Crippen LogP contribution in [0.3, 0.4) is 0 Å². The number of carbonyl (C=O) groups is 2. The second-order valence-electron chi connectivity index (χ2n) is 5.81. The van der Waals surface area contributed by atoms with Crippen molar-refractivity contribution < 1.29 is 19.1 Å². The van der Waals surface area contributed by atoms with Crippen molar-refractivity contribution in [2.45, 2.75) is 25.0 Å². The Morgan fingerprint density at radius 2 is 1.76 bits per heavy atom. The number of hydrogen-bond donors (Lipinski definition) is 1. The third-order valence-electron chi connectivity index (χ3n) is 3.68. The van der Waals surface area contributed by atoms with Crippen LogP contribution in [0.15, 0.2) is 54.6 Å². The van der Waals surface area contributed by atoms with E-state index in [-0.39, 0.29) is 18.6 Å². The summed E-state index contributed by atoms with van der Waals surface area (Å²) in [7, 11) is 0. The fourth-order valence-electron chi connectivity index (χ4n) is 2.24. The molecule has 1 saturated carbocycles. The molecule has 6 heteroatoms. The molecule has 25 heavy (non-hydrogen) atoms. The third kappa shape index (κ3) is 5.22. The van der Waals surface area contributed by atoms with Gasteiger partial charge in [0.1, 0.15) is 5.75 Å². The van der Waals surface area contributed by atoms with Gasteiger partial charge in [0, 0.05) is 16.6 Å². The first kappa shape index (κ1) is 17.3. The van der Waals surface area contributed by atoms with E-state index in [0.29, 0.717) is 16.3 Å². The van der Waals surface area contributed by atoms with Crippen molar-refractivity contribution in [2.75, 3.05) is 6.61 Å². The molecule has 0 saturated heterocycles. The maximum atomic E-state index is 12.4. The molecule has 1 aliphatic rings. The van der Waals surface area contributed by atoms with E-state index in [2.05, 4.69) is 5.32 Å². The summed E-state index contributed by atoms with van der Waals surface area (Å²) in [5, 5.41) is 3.45. The van der Waals surface area contributed by atoms with E-state index >= 15 is 0 Å². The molecule has 0 heterocycles. The van der Waals surface area contributed by atoms with Crippen LogP contribution in [0.2, 0.25) is 5.02 Å². The van der Waals surface area contributed by atoms with Crippen molar-refractivity contribution in [1.82, 2.24) is 5.32 Å². The smallest absolute Gasteiger partial charge is 0.345 e. The molecular weight excluding hydrogens is 342 g/mol. The lowest BCUT2D eigenvalue weighted by Gasteiger charge is -2.18. The average Bonchev–Trinajstić information content (AvgIpc) is 3.44. The standard InChI is InChI=1S/C19H18ClNO4/c20-14-6-10-16(11-7-14)24-12-17(22)25-18(13-4-2-1-3-5-13)19(23)21-15-8-9-15/h1-7,10-11,15,18H,8-9,12H2,(H,21,23)/t18-/m0/s1. The minimum absolute atomic E-state index is 0.183. The second-order valence-corrected chi connectivity index (χ2v) is 6.24. The number of ether oxygens (including phenoxy) is 2. The molecule has 1 amide bonds. The van der Waals surface area contributed by atoms with E-state index in [1.54, 1.807) is 48.5 Å². The highest BCUT2D eigenvalue weighted by molar-refractivity contribution is 6.30. The van der Waals surface area contributed by atoms with Crippen LogP contribution in [0.4, 0.5) is 0 Å². The van der Waals surface area contributed by atoms with Crippen LogP contribution in [0, 0.1) is 0 Å². The maximum absolute atomic E-state index is 12.4. The minimum Gasteiger partial charge on any atom is -0.482 e. The highest BCUT2D eigenvalue weighted by Crippen LogP contribution is 2.23. The summed E-state index contributed by atoms with van der Waals surface area (Å²) in [5.41, 5.74) is 0.625. The minimum atomic E-state index is -0.983. The normalized spacial score (nSPS) is 14.4. The third-order valence-corrected chi connectivity index (χ3v) is 3.94. The van der Waals surface area contributed by atoms with Gasteiger partial charge in [0.25, 0.3) is 5.91 Å². The fraction of sp³-hybridized carbons (Fsp3) is 0.263. The first-order valence-electron chi connectivity index (χ1n) is 8.05. The van der Waals surface area contributed by atoms with Crippen molar-refractivity contribution in [1.29, 1.82) is 0 Å². The molecule has 1 N–H and O–H groups in total. The van der Waals surface area contributed by atoms with Crippen LogP contribution in [0.1, 0.15) is 24.5 Å². The Labute approximate surface area is 150 Å². The van der Waals surface area contributed by atoms with Crippen molar-refractivity contribution in [3.8, 4) is 5.75 Å². The molecule has 1 atom stereocenters. The predicted molar refractivity (Wildman–Crippen MR) is 93.4 cm³/mol. The molecular formula is C19H18ClNO4. The Hall–Kier alpha value is -2.53. The molecule has 130 valence electrons. The van der Waals surface area contributed by atoms with E-state index in [1.165, 1.54) is 0 Å². The average molecular weight is 360 g/mol. The number of amides is 1. The Balaban J connectivity index is 1.61. The number of rotatable bonds is 7. The topological polar surface area (TPSA) is 64.6 Å². The largest absolute Gasteiger partial charge is 0.482 e. The van der Waals surface area contributed by atoms with Gasteiger partial charge < -0.3 is 14.8 Å². The van der Waals surface area contributed by atoms with Crippen molar-refractivity contribution in [3.05, 3.63) is 65.2 Å². The summed E-state index contributed by atoms with van der Waals surface area (Å²) < 4.78 is 10.7. The van der Waals surface area contributed by atoms with E-state index in [1.807, 2.05) is 6.07 Å². The summed E-state index contributed by atoms with van der Waals surface area (Å²) >= 11 is 5.80. The van der Waals surface area contributed by atoms with E-state index in [9.17, 15) is 9.59 Å². The zero-order chi connectivity index (χ0) is 17.6. The van der Waals surface area contributed by atoms with Crippen LogP contribution in [-0.2, 0) is 14.3 Å². The van der Waals surface area contributed by atoms with Crippen LogP contribution in [-0.4, -0.2) is 24.5 Å². The van der Waals surface area contributed by atoms with Gasteiger partial charge >= 0.3 is 5.97 Å². The predicted octanol–water partition coefficient (Wildman–Crippen LogP) is 3.28. The Bertz CT molecular complexity index is 729. The zero-order valence-corrected chi connectivity index (χ0v) is 14.2. The number of benzene rings is 2. The monoisotopic (exact) mass is 359 g/mol. The SMILES string of the molecule is O=C(COc1ccc(Cl)cc1)O[C@H](C(=O)NC1CC1)c1ccccc1. The molecule has 0 aliphatic heterocycles. The van der Waals surface area contributed by atoms with Gasteiger partial charge in [-0.15, -0.1) is 0 Å². The Morgan fingerprint density at radius 3 is 2.40 bits per heavy atom. The number of halogens is 1. The molecule has 0 spiro atoms. The first-order chi connectivity index (χ1) is 12.1. The van der Waals surface area contributed by atoms with Crippen molar-refractivity contribution >= 4 is 23.5 Å². The van der Waals surface area contributed by atoms with Gasteiger partial charge in [-0.1, -0.05) is 41.9 Å². The van der Waals surface area contributed by atoms with Gasteiger partial charge in [-0.3, -0.25) is 4.79 Å². The quantitative estimate of drug-likeness (QED) is 0.770. The van der Waals surface area contributed by atoms with Crippen LogP contribution in [0.5, 0.6) is 5.75 Å². The van der Waals surface area contributed by atoms with Gasteiger partial charge in [-0.25, -0.2) is 4.79 Å². The van der Waals surface area contributed by atoms with Gasteiger partial charge in [0.05, 0.1) is 0 Å². The highest BCUT2D eigenvalue weighted by atomic mass is 35.5. The second kappa shape index (κ2) is 8.03. The Morgan fingerprint density at radius 1 is 1.08 bits per heavy atom. The zero-order valence-electron chi connectivity index (χ0n) is 13.5. The molecule has 0 aromatic heterocycles. The van der Waals surface area contributed by atoms with Crippen molar-refractivity contribution in [3.63, 3.8) is 0 Å². The number of esters is 1. The number of carbonyl (C=O) groups excluding carboxylic acids is 2. The van der Waals surface area contributed by atoms with E-state index in [4.69, 9.17) is 21.1 Å². The fourth-order valence-corrected chi connectivity index (χ4v) is 2.37. The molecule has 2 aromatic rings. The Kier molecular flexibility index (Phi) is 5.56. The van der Waals surface area contributed by atoms with E-state index in [0.717, 1.165) is 12.8 Å². The summed E-state index contributed by atoms with van der Waals surface area (Å²) in [6.07, 6.45) is 0.935. The highest BCUT2D eigenvalue weighted by Gasteiger charge is 2.30. The van der Waals surface area contributed by atoms with Gasteiger partial charge in [-0.2, -0.15) is 0 Å². The molecule has 1 aliphatic carbocycles. The summed E-state index contributed by atoms with van der Waals surface area (Å²) in [4.78, 5) is 24.5. The first-order valence-corrected chi connectivity index (χ1v) is 8.43. The molecule has 0 bridgehead atoms. The molecule has 2 aromatic carbocycles. The number of hydrogen-bond acceptors (Lipinski definition) is 4. The van der Waals surface area contributed by atoms with Crippen LogP contribution < -0.4 is 10.1 Å². The molecule has 0 unspecified atom stereocenters. The molecule has 5 nitrogen and oxygen atoms in total. The maximum Gasteiger partial charge on any atom is 0.345 e. The van der Waals surface area contributed by atoms with Gasteiger partial charge in [-0.05, 0) is 37.1 Å². The van der Waals surface area contributed by atoms with Crippen molar-refractivity contribution in [2.24, 2.45) is 0 Å². The lowest BCUT2D eigenvalue weighted by Crippen LogP contribution is -2.34. The summed E-state index contributed by atoms with van der Waals surface area (Å²) in [5.74, 6) is -0.427. The lowest BCUT2D eigenvalue weighted by molar-refractivity contribution is -0.158. The molecule has 3 rings (SSSR count). The molecule has 0 radical (unpaired) electrons. The van der Waals surface area contributed by atoms with Crippen LogP contribution >= 0.6 is 11.6 Å². The van der Waals surface area contributed by atoms with E-state index < -0.39 is 12.1 Å². The summed E-state index contributed by atoms with van der Waals surface area (Å²) in [6, 6.07) is 15.8. The number of nitrogens with one attached hydrogen (secondary N) is 1.